The fraction of sp³-hybridized carbons (Fsp3) is 0.800. The van der Waals surface area contributed by atoms with Crippen molar-refractivity contribution in [1.82, 2.24) is 69.1 Å². The van der Waals surface area contributed by atoms with E-state index in [0.717, 1.165) is 0 Å². The van der Waals surface area contributed by atoms with E-state index in [1.54, 1.807) is 27.7 Å². The van der Waals surface area contributed by atoms with Gasteiger partial charge in [-0.2, -0.15) is 0 Å². The molecule has 0 rings (SSSR count). The molecule has 466 valence electrons. The summed E-state index contributed by atoms with van der Waals surface area (Å²) in [6.07, 6.45) is 0.606. The summed E-state index contributed by atoms with van der Waals surface area (Å²) in [4.78, 5) is 145. The van der Waals surface area contributed by atoms with E-state index in [9.17, 15) is 52.7 Å². The number of hydrogen-bond donors (Lipinski definition) is 14. The molecule has 14 amide bonds. The average molecular weight is 1150 g/mol. The summed E-state index contributed by atoms with van der Waals surface area (Å²) in [5.74, 6) is -4.81. The highest BCUT2D eigenvalue weighted by molar-refractivity contribution is 5.97. The highest BCUT2D eigenvalue weighted by Crippen LogP contribution is 2.13. The fourth-order valence-electron chi connectivity index (χ4n) is 8.02. The quantitative estimate of drug-likeness (QED) is 0.0441. The lowest BCUT2D eigenvalue weighted by Crippen LogP contribution is -2.59. The number of carbonyl (C=O) groups excluding carboxylic acids is 11. The third-order valence-electron chi connectivity index (χ3n) is 12.2. The molecule has 0 saturated heterocycles. The number of nitrogens with two attached hydrogens (primary N) is 1. The van der Waals surface area contributed by atoms with Crippen LogP contribution in [-0.4, -0.2) is 151 Å². The Labute approximate surface area is 481 Å². The van der Waals surface area contributed by atoms with Crippen LogP contribution in [0.4, 0.5) is 19.2 Å². The molecule has 0 aliphatic heterocycles. The molecule has 10 unspecified atom stereocenters. The minimum absolute atomic E-state index is 0.00379. The molecule has 0 aromatic carbocycles. The van der Waals surface area contributed by atoms with Gasteiger partial charge < -0.3 is 79.6 Å². The van der Waals surface area contributed by atoms with Gasteiger partial charge in [0.15, 0.2) is 0 Å². The largest absolute Gasteiger partial charge is 0.444 e. The van der Waals surface area contributed by atoms with Gasteiger partial charge in [0, 0.05) is 37.8 Å². The van der Waals surface area contributed by atoms with Crippen LogP contribution in [0.1, 0.15) is 164 Å². The second-order valence-corrected chi connectivity index (χ2v) is 24.6. The first-order chi connectivity index (χ1) is 37.3. The maximum atomic E-state index is 13.8. The number of hydrogen-bond acceptors (Lipinski definition) is 12. The predicted molar refractivity (Wildman–Crippen MR) is 310 cm³/mol. The van der Waals surface area contributed by atoms with Gasteiger partial charge in [0.05, 0.1) is 0 Å². The van der Waals surface area contributed by atoms with Crippen LogP contribution < -0.4 is 74.9 Å². The SMILES string of the molecule is CC(C)CC(CNC(N)=O)NC(=O)NCC(C)NC(=O)NCC(NC(=O)C(CC(C)C)NC(=O)C(C)NC(=O)C(CC(C)C)NC(=O)C(C)NC(=O)C(CC(C)C)NC(=O)C(C)NC(=O)C(CC(C)C)NC(=O)OC(C)(C)C)C(C)C. The minimum atomic E-state index is -1.20. The average Bonchev–Trinajstić information content (AvgIpc) is 3.31. The lowest BCUT2D eigenvalue weighted by molar-refractivity contribution is -0.135. The summed E-state index contributed by atoms with van der Waals surface area (Å²) in [7, 11) is 0. The predicted octanol–water partition coefficient (Wildman–Crippen LogP) is 2.24. The van der Waals surface area contributed by atoms with E-state index >= 15 is 0 Å². The third kappa shape index (κ3) is 33.7. The van der Waals surface area contributed by atoms with Crippen molar-refractivity contribution in [2.75, 3.05) is 19.6 Å². The van der Waals surface area contributed by atoms with Crippen molar-refractivity contribution in [3.8, 4) is 0 Å². The number of rotatable bonds is 34. The van der Waals surface area contributed by atoms with Gasteiger partial charge >= 0.3 is 24.2 Å². The zero-order valence-electron chi connectivity index (χ0n) is 51.9. The summed E-state index contributed by atoms with van der Waals surface area (Å²) in [6, 6.07) is -11.0. The van der Waals surface area contributed by atoms with Crippen molar-refractivity contribution in [2.24, 2.45) is 41.2 Å². The van der Waals surface area contributed by atoms with E-state index in [1.807, 2.05) is 83.1 Å². The number of urea groups is 3. The van der Waals surface area contributed by atoms with Crippen LogP contribution in [0.25, 0.3) is 0 Å². The number of amides is 14. The number of alkyl carbamates (subject to hydrolysis) is 1. The Morgan fingerprint density at radius 3 is 1.04 bits per heavy atom. The second-order valence-electron chi connectivity index (χ2n) is 24.6. The maximum absolute atomic E-state index is 13.8. The monoisotopic (exact) mass is 1150 g/mol. The molecular formula is C55H104N14O12. The van der Waals surface area contributed by atoms with Gasteiger partial charge in [0.1, 0.15) is 47.9 Å². The van der Waals surface area contributed by atoms with Gasteiger partial charge in [0.25, 0.3) is 0 Å². The molecule has 0 saturated carbocycles. The Morgan fingerprint density at radius 1 is 0.370 bits per heavy atom. The Morgan fingerprint density at radius 2 is 0.704 bits per heavy atom. The number of carbonyl (C=O) groups is 11. The minimum Gasteiger partial charge on any atom is -0.444 e. The number of ether oxygens (including phenoxy) is 1. The summed E-state index contributed by atoms with van der Waals surface area (Å²) in [5, 5.41) is 35.0. The van der Waals surface area contributed by atoms with Crippen molar-refractivity contribution in [3.05, 3.63) is 0 Å². The smallest absolute Gasteiger partial charge is 0.408 e. The maximum Gasteiger partial charge on any atom is 0.408 e. The van der Waals surface area contributed by atoms with Crippen molar-refractivity contribution in [3.63, 3.8) is 0 Å². The van der Waals surface area contributed by atoms with Crippen LogP contribution in [0.3, 0.4) is 0 Å². The van der Waals surface area contributed by atoms with Crippen molar-refractivity contribution >= 4 is 65.5 Å². The third-order valence-corrected chi connectivity index (χ3v) is 12.2. The molecule has 10 atom stereocenters. The van der Waals surface area contributed by atoms with Crippen LogP contribution >= 0.6 is 0 Å². The van der Waals surface area contributed by atoms with Crippen molar-refractivity contribution in [2.45, 2.75) is 230 Å². The Hall–Kier alpha value is -6.63. The second kappa shape index (κ2) is 36.7. The highest BCUT2D eigenvalue weighted by atomic mass is 16.6. The number of primary amides is 1. The van der Waals surface area contributed by atoms with Crippen LogP contribution in [0.2, 0.25) is 0 Å². The molecule has 81 heavy (non-hydrogen) atoms. The summed E-state index contributed by atoms with van der Waals surface area (Å²) >= 11 is 0. The molecule has 0 heterocycles. The fourth-order valence-corrected chi connectivity index (χ4v) is 8.02. The van der Waals surface area contributed by atoms with Crippen LogP contribution in [-0.2, 0) is 38.3 Å². The first-order valence-corrected chi connectivity index (χ1v) is 28.5. The van der Waals surface area contributed by atoms with E-state index in [4.69, 9.17) is 10.5 Å². The molecule has 0 bridgehead atoms. The van der Waals surface area contributed by atoms with Gasteiger partial charge in [0.2, 0.25) is 41.4 Å². The Kier molecular flexibility index (Phi) is 33.7. The Balaban J connectivity index is 5.77. The van der Waals surface area contributed by atoms with Gasteiger partial charge in [-0.25, -0.2) is 19.2 Å². The lowest BCUT2D eigenvalue weighted by atomic mass is 10.00. The van der Waals surface area contributed by atoms with Crippen LogP contribution in [0, 0.1) is 35.5 Å². The van der Waals surface area contributed by atoms with Gasteiger partial charge in [-0.05, 0) is 116 Å². The van der Waals surface area contributed by atoms with E-state index in [2.05, 4.69) is 69.1 Å². The molecule has 26 heteroatoms. The van der Waals surface area contributed by atoms with Crippen molar-refractivity contribution < 1.29 is 57.5 Å². The van der Waals surface area contributed by atoms with Crippen molar-refractivity contribution in [1.29, 1.82) is 0 Å². The normalized spacial score (nSPS) is 15.3. The summed E-state index contributed by atoms with van der Waals surface area (Å²) < 4.78 is 5.32. The van der Waals surface area contributed by atoms with Gasteiger partial charge in [-0.15, -0.1) is 0 Å². The molecular weight excluding hydrogens is 1050 g/mol. The van der Waals surface area contributed by atoms with Gasteiger partial charge in [-0.1, -0.05) is 83.1 Å². The summed E-state index contributed by atoms with van der Waals surface area (Å²) in [6.45, 7) is 33.8. The molecule has 0 aliphatic carbocycles. The summed E-state index contributed by atoms with van der Waals surface area (Å²) in [5.41, 5.74) is 4.38. The molecule has 26 nitrogen and oxygen atoms in total. The molecule has 0 radical (unpaired) electrons. The molecule has 0 fully saturated rings. The molecule has 15 N–H and O–H groups in total. The lowest BCUT2D eigenvalue weighted by Gasteiger charge is -2.28. The Bertz CT molecular complexity index is 2060. The van der Waals surface area contributed by atoms with E-state index in [1.165, 1.54) is 20.8 Å². The van der Waals surface area contributed by atoms with Crippen LogP contribution in [0.5, 0.6) is 0 Å². The first kappa shape index (κ1) is 74.4. The zero-order valence-corrected chi connectivity index (χ0v) is 51.9. The molecule has 0 aromatic rings. The standard InChI is InChI=1S/C55H104N14O12/c1-28(2)20-38(26-57-51(56)77)64-53(79)58-25-34(13)60-52(78)59-27-43(33(11)12)68-50(76)41(23-31(7)8)67-46(72)36(15)62-48(74)39(21-29(3)4)65-44(70)35(14)61-47(73)40(22-30(5)6)66-45(71)37(16)63-49(75)42(24-32(9)10)69-54(80)81-55(17,18)19/h28-43H,20-27H2,1-19H3,(H,61,73)(H,62,74)(H,63,75)(H,65,70)(H,66,71)(H,67,72)(H,68,76)(H,69,80)(H3,56,57,77)(H2,58,64,79)(H2,59,60,78). The molecule has 0 aromatic heterocycles. The van der Waals surface area contributed by atoms with E-state index in [0.29, 0.717) is 6.42 Å². The first-order valence-electron chi connectivity index (χ1n) is 28.5. The molecule has 0 aliphatic rings. The number of nitrogens with one attached hydrogen (secondary N) is 13. The topological polar surface area (TPSA) is 379 Å². The highest BCUT2D eigenvalue weighted by Gasteiger charge is 2.34. The van der Waals surface area contributed by atoms with E-state index in [-0.39, 0.29) is 86.9 Å². The molecule has 0 spiro atoms. The zero-order chi connectivity index (χ0) is 62.6. The van der Waals surface area contributed by atoms with Crippen LogP contribution in [0.15, 0.2) is 0 Å². The van der Waals surface area contributed by atoms with E-state index < -0.39 is 126 Å². The van der Waals surface area contributed by atoms with Gasteiger partial charge in [-0.3, -0.25) is 33.6 Å².